The quantitative estimate of drug-likeness (QED) is 0.122. The summed E-state index contributed by atoms with van der Waals surface area (Å²) in [6.07, 6.45) is 3.84. The van der Waals surface area contributed by atoms with E-state index < -0.39 is 59.7 Å². The minimum absolute atomic E-state index is 0.00301. The zero-order chi connectivity index (χ0) is 43.5. The Morgan fingerprint density at radius 2 is 1.66 bits per heavy atom. The molecule has 58 heavy (non-hydrogen) atoms. The van der Waals surface area contributed by atoms with Gasteiger partial charge in [-0.2, -0.15) is 0 Å². The SMILES string of the molecule is CCCC1CN(C)[C@@](C)(C(=O)N[C@H](C(=O)N(C)[C@@H]([C@@H](C)CC)[C@@H](CC(=O)N2CCCC2[C@H](OC)[C@@H](C)C(=O)N[C@@H](Cc2ccc(N)cc2)C(=O)OC)OC)C(C)C)C1. The molecule has 1 aromatic rings. The lowest BCUT2D eigenvalue weighted by atomic mass is 9.88. The van der Waals surface area contributed by atoms with Gasteiger partial charge in [-0.1, -0.05) is 66.5 Å². The Morgan fingerprint density at radius 1 is 1.00 bits per heavy atom. The molecule has 0 saturated carbocycles. The van der Waals surface area contributed by atoms with Crippen LogP contribution in [0.5, 0.6) is 0 Å². The molecule has 0 aromatic heterocycles. The van der Waals surface area contributed by atoms with Gasteiger partial charge in [0.2, 0.25) is 23.6 Å². The molecule has 2 fully saturated rings. The van der Waals surface area contributed by atoms with Gasteiger partial charge in [0.05, 0.1) is 49.3 Å². The van der Waals surface area contributed by atoms with Crippen molar-refractivity contribution in [1.29, 1.82) is 0 Å². The van der Waals surface area contributed by atoms with Crippen molar-refractivity contribution in [3.63, 3.8) is 0 Å². The average molecular weight is 815 g/mol. The summed E-state index contributed by atoms with van der Waals surface area (Å²) in [4.78, 5) is 74.7. The first-order valence-electron chi connectivity index (χ1n) is 21.2. The number of rotatable bonds is 21. The predicted molar refractivity (Wildman–Crippen MR) is 225 cm³/mol. The first-order chi connectivity index (χ1) is 27.4. The summed E-state index contributed by atoms with van der Waals surface area (Å²) in [6, 6.07) is 4.49. The molecule has 0 radical (unpaired) electrons. The van der Waals surface area contributed by atoms with Gasteiger partial charge in [-0.15, -0.1) is 0 Å². The Balaban J connectivity index is 1.78. The lowest BCUT2D eigenvalue weighted by molar-refractivity contribution is -0.149. The topological polar surface area (TPSA) is 173 Å². The van der Waals surface area contributed by atoms with Crippen LogP contribution < -0.4 is 16.4 Å². The summed E-state index contributed by atoms with van der Waals surface area (Å²) in [5.41, 5.74) is 6.51. The number of methoxy groups -OCH3 is 3. The smallest absolute Gasteiger partial charge is 0.328 e. The number of likely N-dealkylation sites (N-methyl/N-ethyl adjacent to an activating group) is 2. The van der Waals surface area contributed by atoms with Crippen molar-refractivity contribution in [2.45, 2.75) is 142 Å². The van der Waals surface area contributed by atoms with Crippen molar-refractivity contribution in [3.05, 3.63) is 29.8 Å². The van der Waals surface area contributed by atoms with Crippen LogP contribution >= 0.6 is 0 Å². The highest BCUT2D eigenvalue weighted by Crippen LogP contribution is 2.35. The van der Waals surface area contributed by atoms with E-state index in [0.717, 1.165) is 44.2 Å². The molecule has 10 atom stereocenters. The lowest BCUT2D eigenvalue weighted by Gasteiger charge is -2.41. The van der Waals surface area contributed by atoms with Crippen LogP contribution in [0.2, 0.25) is 0 Å². The summed E-state index contributed by atoms with van der Waals surface area (Å²) in [5, 5.41) is 5.99. The van der Waals surface area contributed by atoms with Crippen LogP contribution in [-0.4, -0.2) is 135 Å². The third-order valence-corrected chi connectivity index (χ3v) is 12.9. The molecule has 0 spiro atoms. The van der Waals surface area contributed by atoms with Crippen molar-refractivity contribution < 1.29 is 38.2 Å². The number of benzene rings is 1. The van der Waals surface area contributed by atoms with Crippen LogP contribution in [0.3, 0.4) is 0 Å². The summed E-state index contributed by atoms with van der Waals surface area (Å²) >= 11 is 0. The fraction of sp³-hybridized carbons (Fsp3) is 0.750. The fourth-order valence-electron chi connectivity index (χ4n) is 9.10. The molecular weight excluding hydrogens is 741 g/mol. The Labute approximate surface area is 347 Å². The number of ether oxygens (including phenoxy) is 3. The highest BCUT2D eigenvalue weighted by Gasteiger charge is 2.48. The van der Waals surface area contributed by atoms with Gasteiger partial charge in [0.25, 0.3) is 0 Å². The van der Waals surface area contributed by atoms with Gasteiger partial charge < -0.3 is 40.4 Å². The van der Waals surface area contributed by atoms with Crippen molar-refractivity contribution in [2.24, 2.45) is 23.7 Å². The van der Waals surface area contributed by atoms with Crippen LogP contribution in [-0.2, 0) is 44.6 Å². The van der Waals surface area contributed by atoms with Crippen LogP contribution in [0.25, 0.3) is 0 Å². The summed E-state index contributed by atoms with van der Waals surface area (Å²) < 4.78 is 17.0. The minimum atomic E-state index is -0.934. The molecule has 0 bridgehead atoms. The standard InChI is InChI=1S/C44H74N6O8/c1-13-16-31-25-44(7,48(8)26-31)43(55)47-37(27(3)4)41(53)49(9)38(28(5)14-2)35(56-10)24-36(51)50-22-15-17-34(50)39(57-11)29(6)40(52)46-33(42(54)58-12)23-30-18-20-32(45)21-19-30/h18-21,27-29,31,33-35,37-39H,13-17,22-26,45H2,1-12H3,(H,46,52)(H,47,55)/t28-,29+,31?,33-,34?,35+,37-,38-,39+,44+/m0/s1. The van der Waals surface area contributed by atoms with Crippen molar-refractivity contribution in [2.75, 3.05) is 54.2 Å². The number of carbonyl (C=O) groups is 5. The Morgan fingerprint density at radius 3 is 2.21 bits per heavy atom. The molecule has 4 N–H and O–H groups in total. The number of esters is 1. The zero-order valence-electron chi connectivity index (χ0n) is 37.3. The fourth-order valence-corrected chi connectivity index (χ4v) is 9.10. The van der Waals surface area contributed by atoms with Gasteiger partial charge in [-0.3, -0.25) is 24.1 Å². The van der Waals surface area contributed by atoms with E-state index >= 15 is 0 Å². The van der Waals surface area contributed by atoms with Gasteiger partial charge in [0.15, 0.2) is 0 Å². The molecule has 2 aliphatic heterocycles. The van der Waals surface area contributed by atoms with Crippen LogP contribution in [0.4, 0.5) is 5.69 Å². The number of nitrogens with zero attached hydrogens (tertiary/aromatic N) is 3. The Kier molecular flexibility index (Phi) is 18.5. The molecule has 0 aliphatic carbocycles. The van der Waals surface area contributed by atoms with Crippen LogP contribution in [0, 0.1) is 23.7 Å². The van der Waals surface area contributed by atoms with Crippen molar-refractivity contribution in [3.8, 4) is 0 Å². The molecule has 328 valence electrons. The number of carbonyl (C=O) groups excluding carboxylic acids is 5. The monoisotopic (exact) mass is 815 g/mol. The highest BCUT2D eigenvalue weighted by atomic mass is 16.5. The third-order valence-electron chi connectivity index (χ3n) is 12.9. The molecule has 2 heterocycles. The largest absolute Gasteiger partial charge is 0.467 e. The number of likely N-dealkylation sites (tertiary alicyclic amines) is 2. The molecule has 14 heteroatoms. The number of nitrogens with one attached hydrogen (secondary N) is 2. The van der Waals surface area contributed by atoms with Crippen molar-refractivity contribution >= 4 is 35.3 Å². The number of nitrogen functional groups attached to an aromatic ring is 1. The summed E-state index contributed by atoms with van der Waals surface area (Å²) in [5.74, 6) is -2.02. The average Bonchev–Trinajstić information content (AvgIpc) is 3.80. The van der Waals surface area contributed by atoms with E-state index in [4.69, 9.17) is 19.9 Å². The van der Waals surface area contributed by atoms with Gasteiger partial charge in [-0.05, 0) is 75.1 Å². The van der Waals surface area contributed by atoms with Gasteiger partial charge in [0, 0.05) is 46.5 Å². The Hall–Kier alpha value is -3.75. The molecule has 3 rings (SSSR count). The van der Waals surface area contributed by atoms with Gasteiger partial charge >= 0.3 is 5.97 Å². The highest BCUT2D eigenvalue weighted by molar-refractivity contribution is 5.92. The molecule has 14 nitrogen and oxygen atoms in total. The molecule has 2 unspecified atom stereocenters. The number of hydrogen-bond acceptors (Lipinski definition) is 10. The third kappa shape index (κ3) is 11.7. The van der Waals surface area contributed by atoms with E-state index in [-0.39, 0.29) is 42.4 Å². The number of nitrogens with two attached hydrogens (primary N) is 1. The van der Waals surface area contributed by atoms with E-state index in [1.807, 2.05) is 41.7 Å². The van der Waals surface area contributed by atoms with E-state index in [2.05, 4.69) is 22.5 Å². The van der Waals surface area contributed by atoms with Gasteiger partial charge in [-0.25, -0.2) is 4.79 Å². The van der Waals surface area contributed by atoms with E-state index in [1.54, 1.807) is 55.1 Å². The second kappa shape index (κ2) is 22.0. The molecule has 1 aromatic carbocycles. The molecule has 4 amide bonds. The maximum atomic E-state index is 14.4. The maximum absolute atomic E-state index is 14.4. The Bertz CT molecular complexity index is 1530. The molecular formula is C44H74N6O8. The summed E-state index contributed by atoms with van der Waals surface area (Å²) in [7, 11) is 8.08. The maximum Gasteiger partial charge on any atom is 0.328 e. The predicted octanol–water partition coefficient (Wildman–Crippen LogP) is 4.04. The molecule has 2 aliphatic rings. The van der Waals surface area contributed by atoms with E-state index in [9.17, 15) is 24.0 Å². The van der Waals surface area contributed by atoms with Gasteiger partial charge in [0.1, 0.15) is 12.1 Å². The second-order valence-electron chi connectivity index (χ2n) is 17.3. The normalized spacial score (nSPS) is 23.4. The summed E-state index contributed by atoms with van der Waals surface area (Å²) in [6.45, 7) is 15.1. The first kappa shape index (κ1) is 48.6. The number of amides is 4. The number of anilines is 1. The first-order valence-corrected chi connectivity index (χ1v) is 21.2. The lowest BCUT2D eigenvalue weighted by Crippen LogP contribution is -2.61. The minimum Gasteiger partial charge on any atom is -0.467 e. The van der Waals surface area contributed by atoms with Crippen molar-refractivity contribution in [1.82, 2.24) is 25.3 Å². The van der Waals surface area contributed by atoms with E-state index in [0.29, 0.717) is 24.6 Å². The second-order valence-corrected chi connectivity index (χ2v) is 17.3. The van der Waals surface area contributed by atoms with Crippen LogP contribution in [0.1, 0.15) is 99.0 Å². The number of hydrogen-bond donors (Lipinski definition) is 3. The molecule has 2 saturated heterocycles. The van der Waals surface area contributed by atoms with E-state index in [1.165, 1.54) is 14.2 Å². The van der Waals surface area contributed by atoms with Crippen LogP contribution in [0.15, 0.2) is 24.3 Å². The zero-order valence-corrected chi connectivity index (χ0v) is 37.3.